The highest BCUT2D eigenvalue weighted by Gasteiger charge is 2.07. The van der Waals surface area contributed by atoms with Gasteiger partial charge in [-0.2, -0.15) is 0 Å². The Balaban J connectivity index is 2.04. The SMILES string of the molecule is CCOC(=O)CCCCCc1[nH]cc[n+]1N. The van der Waals surface area contributed by atoms with E-state index < -0.39 is 0 Å². The summed E-state index contributed by atoms with van der Waals surface area (Å²) in [5.74, 6) is 6.56. The molecule has 1 rings (SSSR count). The molecule has 5 nitrogen and oxygen atoms in total. The van der Waals surface area contributed by atoms with Crippen LogP contribution in [0.5, 0.6) is 0 Å². The third-order valence-electron chi connectivity index (χ3n) is 2.40. The minimum atomic E-state index is -0.101. The van der Waals surface area contributed by atoms with Crippen LogP contribution in [0.4, 0.5) is 0 Å². The lowest BCUT2D eigenvalue weighted by atomic mass is 10.1. The van der Waals surface area contributed by atoms with Crippen LogP contribution in [0, 0.1) is 0 Å². The van der Waals surface area contributed by atoms with E-state index in [2.05, 4.69) is 4.98 Å². The standard InChI is InChI=1S/C11H19N3O2/c1-2-16-11(15)7-5-3-4-6-10-13-8-9-14(10)12/h8-9H,2-7,12H2,1H3/p+1. The molecule has 0 aliphatic rings. The summed E-state index contributed by atoms with van der Waals surface area (Å²) in [5.41, 5.74) is 0. The van der Waals surface area contributed by atoms with Crippen molar-refractivity contribution in [2.24, 2.45) is 0 Å². The van der Waals surface area contributed by atoms with Gasteiger partial charge in [0.05, 0.1) is 13.0 Å². The Morgan fingerprint density at radius 1 is 1.50 bits per heavy atom. The molecule has 1 heterocycles. The Kier molecular flexibility index (Phi) is 5.39. The number of carbonyl (C=O) groups excluding carboxylic acids is 1. The van der Waals surface area contributed by atoms with Crippen molar-refractivity contribution in [3.05, 3.63) is 18.2 Å². The van der Waals surface area contributed by atoms with Crippen molar-refractivity contribution >= 4 is 5.97 Å². The fourth-order valence-electron chi connectivity index (χ4n) is 1.55. The van der Waals surface area contributed by atoms with Gasteiger partial charge in [0.25, 0.3) is 5.82 Å². The van der Waals surface area contributed by atoms with Gasteiger partial charge in [-0.1, -0.05) is 6.42 Å². The second-order valence-electron chi connectivity index (χ2n) is 3.68. The zero-order valence-corrected chi connectivity index (χ0v) is 9.74. The highest BCUT2D eigenvalue weighted by molar-refractivity contribution is 5.69. The van der Waals surface area contributed by atoms with Crippen LogP contribution in [-0.4, -0.2) is 17.6 Å². The third kappa shape index (κ3) is 4.33. The number of hydrogen-bond donors (Lipinski definition) is 2. The minimum Gasteiger partial charge on any atom is -0.466 e. The monoisotopic (exact) mass is 226 g/mol. The van der Waals surface area contributed by atoms with Crippen molar-refractivity contribution in [2.45, 2.75) is 39.0 Å². The number of H-pyrrole nitrogens is 1. The summed E-state index contributed by atoms with van der Waals surface area (Å²) >= 11 is 0. The Hall–Kier alpha value is -1.52. The van der Waals surface area contributed by atoms with Gasteiger partial charge >= 0.3 is 5.97 Å². The summed E-state index contributed by atoms with van der Waals surface area (Å²) in [7, 11) is 0. The summed E-state index contributed by atoms with van der Waals surface area (Å²) in [6.45, 7) is 2.29. The molecule has 16 heavy (non-hydrogen) atoms. The number of imidazole rings is 1. The Morgan fingerprint density at radius 3 is 2.94 bits per heavy atom. The van der Waals surface area contributed by atoms with Gasteiger partial charge in [0.15, 0.2) is 6.20 Å². The lowest BCUT2D eigenvalue weighted by Gasteiger charge is -2.00. The zero-order valence-electron chi connectivity index (χ0n) is 9.74. The Morgan fingerprint density at radius 2 is 2.31 bits per heavy atom. The van der Waals surface area contributed by atoms with E-state index in [0.29, 0.717) is 13.0 Å². The molecule has 0 atom stereocenters. The lowest BCUT2D eigenvalue weighted by molar-refractivity contribution is -0.645. The summed E-state index contributed by atoms with van der Waals surface area (Å²) in [5, 5.41) is 0. The molecule has 3 N–H and O–H groups in total. The molecule has 0 saturated carbocycles. The van der Waals surface area contributed by atoms with E-state index in [1.165, 1.54) is 0 Å². The first-order chi connectivity index (χ1) is 7.74. The van der Waals surface area contributed by atoms with Crippen LogP contribution in [-0.2, 0) is 16.0 Å². The van der Waals surface area contributed by atoms with Crippen molar-refractivity contribution in [1.82, 2.24) is 4.98 Å². The van der Waals surface area contributed by atoms with E-state index in [0.717, 1.165) is 31.5 Å². The fourth-order valence-corrected chi connectivity index (χ4v) is 1.55. The highest BCUT2D eigenvalue weighted by Crippen LogP contribution is 2.04. The molecule has 0 radical (unpaired) electrons. The number of carbonyl (C=O) groups is 1. The van der Waals surface area contributed by atoms with E-state index >= 15 is 0 Å². The molecule has 0 aliphatic carbocycles. The van der Waals surface area contributed by atoms with Crippen LogP contribution in [0.1, 0.15) is 38.4 Å². The maximum Gasteiger partial charge on any atom is 0.305 e. The molecule has 1 aromatic heterocycles. The quantitative estimate of drug-likeness (QED) is 0.311. The van der Waals surface area contributed by atoms with Crippen LogP contribution in [0.3, 0.4) is 0 Å². The molecule has 0 aromatic carbocycles. The molecule has 0 fully saturated rings. The number of nitrogens with one attached hydrogen (secondary N) is 1. The first-order valence-electron chi connectivity index (χ1n) is 5.72. The van der Waals surface area contributed by atoms with Gasteiger partial charge in [-0.05, 0) is 19.8 Å². The van der Waals surface area contributed by atoms with E-state index in [4.69, 9.17) is 10.6 Å². The summed E-state index contributed by atoms with van der Waals surface area (Å²) in [6.07, 6.45) is 7.94. The first-order valence-corrected chi connectivity index (χ1v) is 5.72. The second-order valence-corrected chi connectivity index (χ2v) is 3.68. The number of aryl methyl sites for hydroxylation is 1. The molecule has 0 amide bonds. The molecule has 0 bridgehead atoms. The molecular formula is C11H20N3O2+. The maximum atomic E-state index is 11.0. The zero-order chi connectivity index (χ0) is 11.8. The number of esters is 1. The van der Waals surface area contributed by atoms with Gasteiger partial charge in [-0.15, -0.1) is 4.68 Å². The van der Waals surface area contributed by atoms with Crippen molar-refractivity contribution in [3.8, 4) is 0 Å². The van der Waals surface area contributed by atoms with Crippen LogP contribution in [0.25, 0.3) is 0 Å². The number of aromatic nitrogens is 2. The number of unbranched alkanes of at least 4 members (excludes halogenated alkanes) is 2. The Labute approximate surface area is 95.6 Å². The number of ether oxygens (including phenoxy) is 1. The van der Waals surface area contributed by atoms with E-state index in [-0.39, 0.29) is 5.97 Å². The lowest BCUT2D eigenvalue weighted by Crippen LogP contribution is -2.46. The van der Waals surface area contributed by atoms with Gasteiger partial charge < -0.3 is 4.74 Å². The van der Waals surface area contributed by atoms with Crippen LogP contribution < -0.4 is 10.5 Å². The number of nitrogens with zero attached hydrogens (tertiary/aromatic N) is 1. The highest BCUT2D eigenvalue weighted by atomic mass is 16.5. The van der Waals surface area contributed by atoms with Gasteiger partial charge in [0, 0.05) is 6.42 Å². The maximum absolute atomic E-state index is 11.0. The van der Waals surface area contributed by atoms with Crippen LogP contribution >= 0.6 is 0 Å². The van der Waals surface area contributed by atoms with Gasteiger partial charge in [0.2, 0.25) is 0 Å². The number of nitrogen functional groups attached to an aromatic ring is 1. The van der Waals surface area contributed by atoms with Crippen LogP contribution in [0.15, 0.2) is 12.4 Å². The number of nitrogens with two attached hydrogens (primary N) is 1. The average Bonchev–Trinajstić information content (AvgIpc) is 2.64. The van der Waals surface area contributed by atoms with Gasteiger partial charge in [-0.3, -0.25) is 10.6 Å². The molecule has 90 valence electrons. The van der Waals surface area contributed by atoms with Crippen molar-refractivity contribution in [2.75, 3.05) is 12.4 Å². The minimum absolute atomic E-state index is 0.101. The van der Waals surface area contributed by atoms with E-state index in [1.54, 1.807) is 10.9 Å². The fraction of sp³-hybridized carbons (Fsp3) is 0.636. The molecule has 5 heteroatoms. The van der Waals surface area contributed by atoms with E-state index in [1.807, 2.05) is 13.1 Å². The molecule has 0 aliphatic heterocycles. The van der Waals surface area contributed by atoms with Crippen molar-refractivity contribution in [3.63, 3.8) is 0 Å². The van der Waals surface area contributed by atoms with Crippen molar-refractivity contribution in [1.29, 1.82) is 0 Å². The summed E-state index contributed by atoms with van der Waals surface area (Å²) < 4.78 is 6.43. The molecular weight excluding hydrogens is 206 g/mol. The van der Waals surface area contributed by atoms with E-state index in [9.17, 15) is 4.79 Å². The third-order valence-corrected chi connectivity index (χ3v) is 2.40. The molecule has 0 spiro atoms. The van der Waals surface area contributed by atoms with Crippen molar-refractivity contribution < 1.29 is 14.2 Å². The summed E-state index contributed by atoms with van der Waals surface area (Å²) in [6, 6.07) is 0. The topological polar surface area (TPSA) is 72.0 Å². The number of rotatable bonds is 7. The van der Waals surface area contributed by atoms with Crippen LogP contribution in [0.2, 0.25) is 0 Å². The van der Waals surface area contributed by atoms with Gasteiger partial charge in [0.1, 0.15) is 6.20 Å². The smallest absolute Gasteiger partial charge is 0.305 e. The normalized spacial score (nSPS) is 10.3. The summed E-state index contributed by atoms with van der Waals surface area (Å²) in [4.78, 5) is 14.1. The number of hydrogen-bond acceptors (Lipinski definition) is 3. The second kappa shape index (κ2) is 6.87. The predicted molar refractivity (Wildman–Crippen MR) is 59.9 cm³/mol. The largest absolute Gasteiger partial charge is 0.466 e. The number of aromatic amines is 1. The van der Waals surface area contributed by atoms with Gasteiger partial charge in [-0.25, -0.2) is 4.98 Å². The predicted octanol–water partition coefficient (Wildman–Crippen LogP) is 0.682. The molecule has 0 saturated heterocycles. The molecule has 1 aromatic rings. The molecule has 0 unspecified atom stereocenters. The average molecular weight is 226 g/mol. The first kappa shape index (κ1) is 12.5. The Bertz CT molecular complexity index is 323.